The van der Waals surface area contributed by atoms with Crippen molar-refractivity contribution in [2.45, 2.75) is 23.4 Å². The highest BCUT2D eigenvalue weighted by atomic mass is 35.5. The van der Waals surface area contributed by atoms with Crippen molar-refractivity contribution in [2.24, 2.45) is 0 Å². The summed E-state index contributed by atoms with van der Waals surface area (Å²) in [5, 5.41) is 2.17. The molecule has 0 saturated heterocycles. The number of carbonyl (C=O) groups excluding carboxylic acids is 1. The Morgan fingerprint density at radius 1 is 1.18 bits per heavy atom. The molecule has 0 aliphatic heterocycles. The van der Waals surface area contributed by atoms with Crippen LogP contribution >= 0.6 is 23.4 Å². The molecular formula is C18H12ClF4N3OS. The molecule has 4 nitrogen and oxygen atoms in total. The van der Waals surface area contributed by atoms with Crippen LogP contribution in [0, 0.1) is 5.82 Å². The minimum atomic E-state index is -4.72. The molecule has 10 heteroatoms. The van der Waals surface area contributed by atoms with Crippen molar-refractivity contribution in [3.63, 3.8) is 0 Å². The highest BCUT2D eigenvalue weighted by Gasteiger charge is 2.36. The highest BCUT2D eigenvalue weighted by Crippen LogP contribution is 2.34. The maximum absolute atomic E-state index is 13.1. The molecule has 2 aromatic carbocycles. The summed E-state index contributed by atoms with van der Waals surface area (Å²) in [6, 6.07) is 9.71. The Morgan fingerprint density at radius 2 is 1.89 bits per heavy atom. The lowest BCUT2D eigenvalue weighted by Gasteiger charge is -2.15. The van der Waals surface area contributed by atoms with Gasteiger partial charge in [-0.25, -0.2) is 14.4 Å². The number of hydrogen-bond donors (Lipinski definition) is 1. The summed E-state index contributed by atoms with van der Waals surface area (Å²) in [4.78, 5) is 19.6. The highest BCUT2D eigenvalue weighted by molar-refractivity contribution is 8.00. The van der Waals surface area contributed by atoms with Gasteiger partial charge in [0.05, 0.1) is 21.5 Å². The van der Waals surface area contributed by atoms with Crippen molar-refractivity contribution < 1.29 is 22.4 Å². The second kappa shape index (κ2) is 7.92. The maximum Gasteiger partial charge on any atom is 0.451 e. The third kappa shape index (κ3) is 4.53. The Balaban J connectivity index is 1.87. The topological polar surface area (TPSA) is 54.9 Å². The number of aromatic nitrogens is 2. The van der Waals surface area contributed by atoms with Gasteiger partial charge in [0.2, 0.25) is 11.7 Å². The van der Waals surface area contributed by atoms with E-state index in [1.54, 1.807) is 18.2 Å². The number of halogens is 5. The van der Waals surface area contributed by atoms with Crippen molar-refractivity contribution in [3.8, 4) is 0 Å². The van der Waals surface area contributed by atoms with Crippen molar-refractivity contribution in [2.75, 3.05) is 5.32 Å². The third-order valence-corrected chi connectivity index (χ3v) is 5.08. The van der Waals surface area contributed by atoms with Crippen LogP contribution in [0.1, 0.15) is 12.7 Å². The average Bonchev–Trinajstić information content (AvgIpc) is 2.63. The van der Waals surface area contributed by atoms with Crippen LogP contribution < -0.4 is 5.32 Å². The lowest BCUT2D eigenvalue weighted by molar-refractivity contribution is -0.145. The van der Waals surface area contributed by atoms with E-state index in [1.807, 2.05) is 0 Å². The first-order chi connectivity index (χ1) is 13.1. The van der Waals surface area contributed by atoms with E-state index in [1.165, 1.54) is 19.1 Å². The fourth-order valence-corrected chi connectivity index (χ4v) is 3.46. The molecule has 1 aromatic heterocycles. The van der Waals surface area contributed by atoms with Gasteiger partial charge in [-0.05, 0) is 31.2 Å². The van der Waals surface area contributed by atoms with Crippen LogP contribution in [0.2, 0.25) is 5.02 Å². The van der Waals surface area contributed by atoms with Crippen LogP contribution in [0.5, 0.6) is 0 Å². The monoisotopic (exact) mass is 429 g/mol. The summed E-state index contributed by atoms with van der Waals surface area (Å²) >= 11 is 6.74. The molecule has 3 rings (SSSR count). The molecule has 0 bridgehead atoms. The molecule has 0 unspecified atom stereocenters. The number of alkyl halides is 3. The first-order valence-electron chi connectivity index (χ1n) is 7.91. The molecule has 1 N–H and O–H groups in total. The lowest BCUT2D eigenvalue weighted by Crippen LogP contribution is -2.23. The molecule has 146 valence electrons. The Labute approximate surface area is 166 Å². The van der Waals surface area contributed by atoms with Crippen LogP contribution in [0.3, 0.4) is 0 Å². The Hall–Kier alpha value is -2.39. The fraction of sp³-hybridized carbons (Fsp3) is 0.167. The SMILES string of the molecule is C[C@H](Sc1nc(C(F)(F)F)nc2ccccc12)C(=O)Nc1ccc(F)cc1Cl. The second-order valence-electron chi connectivity index (χ2n) is 5.74. The number of carbonyl (C=O) groups is 1. The number of hydrogen-bond acceptors (Lipinski definition) is 4. The van der Waals surface area contributed by atoms with Gasteiger partial charge in [-0.2, -0.15) is 13.2 Å². The zero-order chi connectivity index (χ0) is 20.5. The van der Waals surface area contributed by atoms with E-state index >= 15 is 0 Å². The molecule has 0 saturated carbocycles. The summed E-state index contributed by atoms with van der Waals surface area (Å²) in [7, 11) is 0. The number of anilines is 1. The summed E-state index contributed by atoms with van der Waals surface area (Å²) in [6.45, 7) is 1.52. The number of nitrogens with one attached hydrogen (secondary N) is 1. The second-order valence-corrected chi connectivity index (χ2v) is 7.48. The van der Waals surface area contributed by atoms with Crippen LogP contribution in [0.15, 0.2) is 47.5 Å². The number of fused-ring (bicyclic) bond motifs is 1. The minimum absolute atomic E-state index is 0.0115. The smallest absolute Gasteiger partial charge is 0.324 e. The Morgan fingerprint density at radius 3 is 2.57 bits per heavy atom. The summed E-state index contributed by atoms with van der Waals surface area (Å²) in [5.74, 6) is -2.35. The quantitative estimate of drug-likeness (QED) is 0.335. The predicted octanol–water partition coefficient (Wildman–Crippen LogP) is 5.56. The molecule has 28 heavy (non-hydrogen) atoms. The minimum Gasteiger partial charge on any atom is -0.324 e. The van der Waals surface area contributed by atoms with Gasteiger partial charge in [0.25, 0.3) is 0 Å². The van der Waals surface area contributed by atoms with Crippen LogP contribution in [0.4, 0.5) is 23.2 Å². The normalized spacial score (nSPS) is 12.8. The van der Waals surface area contributed by atoms with E-state index in [0.29, 0.717) is 5.39 Å². The van der Waals surface area contributed by atoms with E-state index in [0.717, 1.165) is 23.9 Å². The number of amides is 1. The number of para-hydroxylation sites is 1. The van der Waals surface area contributed by atoms with Gasteiger partial charge in [0, 0.05) is 5.39 Å². The standard InChI is InChI=1S/C18H12ClF4N3OS/c1-9(15(27)24-14-7-6-10(20)8-12(14)19)28-16-11-4-2-3-5-13(11)25-17(26-16)18(21,22)23/h2-9H,1H3,(H,24,27)/t9-/m0/s1. The molecule has 1 heterocycles. The molecule has 1 atom stereocenters. The lowest BCUT2D eigenvalue weighted by atomic mass is 10.2. The summed E-state index contributed by atoms with van der Waals surface area (Å²) in [5.41, 5.74) is 0.325. The van der Waals surface area contributed by atoms with Crippen molar-refractivity contribution >= 4 is 45.9 Å². The first kappa shape index (κ1) is 20.3. The van der Waals surface area contributed by atoms with Crippen molar-refractivity contribution in [3.05, 3.63) is 59.1 Å². The summed E-state index contributed by atoms with van der Waals surface area (Å²) in [6.07, 6.45) is -4.72. The molecule has 3 aromatic rings. The van der Waals surface area contributed by atoms with E-state index in [4.69, 9.17) is 11.6 Å². The molecule has 0 radical (unpaired) electrons. The number of thioether (sulfide) groups is 1. The van der Waals surface area contributed by atoms with Crippen LogP contribution in [-0.4, -0.2) is 21.1 Å². The van der Waals surface area contributed by atoms with Gasteiger partial charge in [0.1, 0.15) is 10.8 Å². The van der Waals surface area contributed by atoms with E-state index < -0.39 is 29.0 Å². The van der Waals surface area contributed by atoms with Gasteiger partial charge < -0.3 is 5.32 Å². The molecule has 0 fully saturated rings. The molecule has 0 aliphatic rings. The van der Waals surface area contributed by atoms with Gasteiger partial charge >= 0.3 is 6.18 Å². The van der Waals surface area contributed by atoms with E-state index in [-0.39, 0.29) is 21.3 Å². The zero-order valence-electron chi connectivity index (χ0n) is 14.2. The maximum atomic E-state index is 13.1. The van der Waals surface area contributed by atoms with Crippen molar-refractivity contribution in [1.82, 2.24) is 9.97 Å². The molecule has 1 amide bonds. The van der Waals surface area contributed by atoms with Gasteiger partial charge in [-0.1, -0.05) is 41.6 Å². The van der Waals surface area contributed by atoms with Gasteiger partial charge in [0.15, 0.2) is 0 Å². The van der Waals surface area contributed by atoms with Gasteiger partial charge in [-0.3, -0.25) is 4.79 Å². The number of benzene rings is 2. The fourth-order valence-electron chi connectivity index (χ4n) is 2.31. The summed E-state index contributed by atoms with van der Waals surface area (Å²) < 4.78 is 52.4. The number of rotatable bonds is 4. The first-order valence-corrected chi connectivity index (χ1v) is 9.17. The van der Waals surface area contributed by atoms with Crippen LogP contribution in [-0.2, 0) is 11.0 Å². The Kier molecular flexibility index (Phi) is 5.76. The third-order valence-electron chi connectivity index (χ3n) is 3.67. The average molecular weight is 430 g/mol. The molecule has 0 aliphatic carbocycles. The molecular weight excluding hydrogens is 418 g/mol. The number of nitrogens with zero attached hydrogens (tertiary/aromatic N) is 2. The predicted molar refractivity (Wildman–Crippen MR) is 99.9 cm³/mol. The largest absolute Gasteiger partial charge is 0.451 e. The van der Waals surface area contributed by atoms with Crippen LogP contribution in [0.25, 0.3) is 10.9 Å². The Bertz CT molecular complexity index is 1050. The van der Waals surface area contributed by atoms with E-state index in [2.05, 4.69) is 15.3 Å². The van der Waals surface area contributed by atoms with Crippen molar-refractivity contribution in [1.29, 1.82) is 0 Å². The zero-order valence-corrected chi connectivity index (χ0v) is 15.8. The molecule has 0 spiro atoms. The van der Waals surface area contributed by atoms with E-state index in [9.17, 15) is 22.4 Å². The van der Waals surface area contributed by atoms with Gasteiger partial charge in [-0.15, -0.1) is 0 Å².